The standard InChI is InChI=1S/C23H29N3O3S/c1-2-26(21-9-4-3-5-10-21)23(27)18-24-13-15-25(16-14-24)30(28,29)22-12-11-19-7-6-8-20(19)17-22/h3-5,9-12,17H,2,6-8,13-16,18H2,1H3. The SMILES string of the molecule is CCN(C(=O)CN1CCN(S(=O)(=O)c2ccc3c(c2)CCC3)CC1)c1ccccc1. The van der Waals surface area contributed by atoms with Crippen LogP contribution >= 0.6 is 0 Å². The summed E-state index contributed by atoms with van der Waals surface area (Å²) in [6.07, 6.45) is 3.10. The number of para-hydroxylation sites is 1. The lowest BCUT2D eigenvalue weighted by atomic mass is 10.1. The topological polar surface area (TPSA) is 60.9 Å². The van der Waals surface area contributed by atoms with E-state index in [1.807, 2.05) is 54.3 Å². The zero-order chi connectivity index (χ0) is 21.1. The molecular weight excluding hydrogens is 398 g/mol. The van der Waals surface area contributed by atoms with Crippen LogP contribution in [-0.4, -0.2) is 62.8 Å². The Morgan fingerprint density at radius 2 is 1.67 bits per heavy atom. The monoisotopic (exact) mass is 427 g/mol. The molecule has 0 aromatic heterocycles. The van der Waals surface area contributed by atoms with Crippen molar-refractivity contribution < 1.29 is 13.2 Å². The van der Waals surface area contributed by atoms with Crippen LogP contribution in [0.5, 0.6) is 0 Å². The molecule has 0 unspecified atom stereocenters. The van der Waals surface area contributed by atoms with Crippen molar-refractivity contribution in [1.29, 1.82) is 0 Å². The average molecular weight is 428 g/mol. The van der Waals surface area contributed by atoms with E-state index in [0.717, 1.165) is 24.9 Å². The number of carbonyl (C=O) groups is 1. The Balaban J connectivity index is 1.37. The minimum atomic E-state index is -3.49. The number of likely N-dealkylation sites (N-methyl/N-ethyl adjacent to an activating group) is 1. The van der Waals surface area contributed by atoms with Crippen molar-refractivity contribution in [2.24, 2.45) is 0 Å². The van der Waals surface area contributed by atoms with Crippen LogP contribution in [0.15, 0.2) is 53.4 Å². The van der Waals surface area contributed by atoms with E-state index in [1.54, 1.807) is 15.3 Å². The lowest BCUT2D eigenvalue weighted by Gasteiger charge is -2.34. The van der Waals surface area contributed by atoms with Gasteiger partial charge in [0, 0.05) is 38.4 Å². The fraction of sp³-hybridized carbons (Fsp3) is 0.435. The van der Waals surface area contributed by atoms with Gasteiger partial charge < -0.3 is 4.90 Å². The number of hydrogen-bond acceptors (Lipinski definition) is 4. The number of aryl methyl sites for hydroxylation is 2. The number of rotatable bonds is 6. The molecular formula is C23H29N3O3S. The van der Waals surface area contributed by atoms with Gasteiger partial charge in [-0.2, -0.15) is 4.31 Å². The van der Waals surface area contributed by atoms with E-state index >= 15 is 0 Å². The Morgan fingerprint density at radius 1 is 0.967 bits per heavy atom. The smallest absolute Gasteiger partial charge is 0.243 e. The van der Waals surface area contributed by atoms with Gasteiger partial charge in [0.2, 0.25) is 15.9 Å². The fourth-order valence-electron chi connectivity index (χ4n) is 4.37. The molecule has 2 aromatic rings. The maximum absolute atomic E-state index is 13.1. The molecule has 2 aromatic carbocycles. The molecule has 160 valence electrons. The predicted octanol–water partition coefficient (Wildman–Crippen LogP) is 2.53. The molecule has 1 heterocycles. The van der Waals surface area contributed by atoms with E-state index in [-0.39, 0.29) is 5.91 Å². The van der Waals surface area contributed by atoms with Crippen LogP contribution in [0.2, 0.25) is 0 Å². The third-order valence-electron chi connectivity index (χ3n) is 6.08. The summed E-state index contributed by atoms with van der Waals surface area (Å²) in [6, 6.07) is 15.2. The van der Waals surface area contributed by atoms with Gasteiger partial charge in [0.05, 0.1) is 11.4 Å². The first kappa shape index (κ1) is 21.0. The van der Waals surface area contributed by atoms with E-state index in [2.05, 4.69) is 0 Å². The quantitative estimate of drug-likeness (QED) is 0.711. The normalized spacial score (nSPS) is 17.6. The first-order valence-electron chi connectivity index (χ1n) is 10.7. The highest BCUT2D eigenvalue weighted by molar-refractivity contribution is 7.89. The molecule has 1 aliphatic carbocycles. The molecule has 7 heteroatoms. The zero-order valence-electron chi connectivity index (χ0n) is 17.5. The van der Waals surface area contributed by atoms with Crippen LogP contribution in [-0.2, 0) is 27.7 Å². The molecule has 1 aliphatic heterocycles. The summed E-state index contributed by atoms with van der Waals surface area (Å²) >= 11 is 0. The number of sulfonamides is 1. The highest BCUT2D eigenvalue weighted by Crippen LogP contribution is 2.26. The fourth-order valence-corrected chi connectivity index (χ4v) is 5.85. The number of carbonyl (C=O) groups excluding carboxylic acids is 1. The molecule has 1 saturated heterocycles. The summed E-state index contributed by atoms with van der Waals surface area (Å²) < 4.78 is 27.7. The number of anilines is 1. The first-order chi connectivity index (χ1) is 14.5. The summed E-state index contributed by atoms with van der Waals surface area (Å²) in [7, 11) is -3.49. The maximum atomic E-state index is 13.1. The van der Waals surface area contributed by atoms with Crippen LogP contribution in [0.3, 0.4) is 0 Å². The molecule has 0 saturated carbocycles. The van der Waals surface area contributed by atoms with Crippen LogP contribution in [0.1, 0.15) is 24.5 Å². The first-order valence-corrected chi connectivity index (χ1v) is 12.1. The minimum Gasteiger partial charge on any atom is -0.312 e. The average Bonchev–Trinajstić information content (AvgIpc) is 3.23. The molecule has 1 fully saturated rings. The van der Waals surface area contributed by atoms with Gasteiger partial charge >= 0.3 is 0 Å². The zero-order valence-corrected chi connectivity index (χ0v) is 18.3. The van der Waals surface area contributed by atoms with Crippen LogP contribution in [0, 0.1) is 0 Å². The molecule has 30 heavy (non-hydrogen) atoms. The van der Waals surface area contributed by atoms with E-state index in [0.29, 0.717) is 44.2 Å². The molecule has 0 bridgehead atoms. The van der Waals surface area contributed by atoms with Crippen molar-refractivity contribution in [1.82, 2.24) is 9.21 Å². The van der Waals surface area contributed by atoms with E-state index < -0.39 is 10.0 Å². The number of piperazine rings is 1. The van der Waals surface area contributed by atoms with E-state index in [4.69, 9.17) is 0 Å². The Morgan fingerprint density at radius 3 is 2.37 bits per heavy atom. The van der Waals surface area contributed by atoms with Gasteiger partial charge in [-0.3, -0.25) is 9.69 Å². The molecule has 0 atom stereocenters. The largest absolute Gasteiger partial charge is 0.312 e. The molecule has 4 rings (SSSR count). The Kier molecular flexibility index (Phi) is 6.22. The van der Waals surface area contributed by atoms with Crippen molar-refractivity contribution in [2.75, 3.05) is 44.2 Å². The molecule has 0 radical (unpaired) electrons. The van der Waals surface area contributed by atoms with Crippen molar-refractivity contribution in [3.63, 3.8) is 0 Å². The Labute approximate surface area is 179 Å². The second-order valence-electron chi connectivity index (χ2n) is 7.94. The number of benzene rings is 2. The molecule has 2 aliphatic rings. The van der Waals surface area contributed by atoms with Crippen molar-refractivity contribution in [2.45, 2.75) is 31.1 Å². The van der Waals surface area contributed by atoms with Gasteiger partial charge in [0.1, 0.15) is 0 Å². The molecule has 6 nitrogen and oxygen atoms in total. The van der Waals surface area contributed by atoms with Gasteiger partial charge in [-0.1, -0.05) is 24.3 Å². The third kappa shape index (κ3) is 4.29. The minimum absolute atomic E-state index is 0.0404. The highest BCUT2D eigenvalue weighted by Gasteiger charge is 2.30. The number of nitrogens with zero attached hydrogens (tertiary/aromatic N) is 3. The lowest BCUT2D eigenvalue weighted by molar-refractivity contribution is -0.120. The van der Waals surface area contributed by atoms with Gasteiger partial charge in [-0.05, 0) is 61.6 Å². The second kappa shape index (κ2) is 8.88. The summed E-state index contributed by atoms with van der Waals surface area (Å²) in [4.78, 5) is 17.0. The Bertz CT molecular complexity index is 1000. The van der Waals surface area contributed by atoms with Gasteiger partial charge in [-0.15, -0.1) is 0 Å². The predicted molar refractivity (Wildman–Crippen MR) is 118 cm³/mol. The summed E-state index contributed by atoms with van der Waals surface area (Å²) in [5.41, 5.74) is 3.33. The number of fused-ring (bicyclic) bond motifs is 1. The number of hydrogen-bond donors (Lipinski definition) is 0. The molecule has 0 spiro atoms. The van der Waals surface area contributed by atoms with Gasteiger partial charge in [0.25, 0.3) is 0 Å². The van der Waals surface area contributed by atoms with E-state index in [9.17, 15) is 13.2 Å². The highest BCUT2D eigenvalue weighted by atomic mass is 32.2. The third-order valence-corrected chi connectivity index (χ3v) is 7.98. The number of amides is 1. The van der Waals surface area contributed by atoms with Gasteiger partial charge in [0.15, 0.2) is 0 Å². The summed E-state index contributed by atoms with van der Waals surface area (Å²) in [5, 5.41) is 0. The second-order valence-corrected chi connectivity index (χ2v) is 9.88. The molecule has 0 N–H and O–H groups in total. The van der Waals surface area contributed by atoms with E-state index in [1.165, 1.54) is 11.1 Å². The summed E-state index contributed by atoms with van der Waals surface area (Å²) in [5.74, 6) is 0.0404. The van der Waals surface area contributed by atoms with Crippen molar-refractivity contribution in [3.8, 4) is 0 Å². The van der Waals surface area contributed by atoms with Crippen LogP contribution < -0.4 is 4.90 Å². The van der Waals surface area contributed by atoms with Crippen molar-refractivity contribution >= 4 is 21.6 Å². The molecule has 1 amide bonds. The van der Waals surface area contributed by atoms with Crippen LogP contribution in [0.25, 0.3) is 0 Å². The Hall–Kier alpha value is -2.22. The van der Waals surface area contributed by atoms with Gasteiger partial charge in [-0.25, -0.2) is 8.42 Å². The van der Waals surface area contributed by atoms with Crippen LogP contribution in [0.4, 0.5) is 5.69 Å². The maximum Gasteiger partial charge on any atom is 0.243 e. The summed E-state index contributed by atoms with van der Waals surface area (Å²) in [6.45, 7) is 4.80. The van der Waals surface area contributed by atoms with Crippen molar-refractivity contribution in [3.05, 3.63) is 59.7 Å². The lowest BCUT2D eigenvalue weighted by Crippen LogP contribution is -2.51.